The molecule has 0 saturated heterocycles. The second-order valence-corrected chi connectivity index (χ2v) is 8.36. The molecule has 0 atom stereocenters. The molecule has 0 aliphatic heterocycles. The average Bonchev–Trinajstić information content (AvgIpc) is 1.78. The third-order valence-corrected chi connectivity index (χ3v) is 2.42. The maximum atomic E-state index is 10.7. The summed E-state index contributed by atoms with van der Waals surface area (Å²) in [5.41, 5.74) is 0. The van der Waals surface area contributed by atoms with Crippen molar-refractivity contribution in [1.29, 1.82) is 0 Å². The Kier molecular flexibility index (Phi) is 6.51. The van der Waals surface area contributed by atoms with Gasteiger partial charge in [-0.1, -0.05) is 69.6 Å². The van der Waals surface area contributed by atoms with Crippen LogP contribution in [0.15, 0.2) is 0 Å². The van der Waals surface area contributed by atoms with E-state index in [1.54, 1.807) is 0 Å². The van der Waals surface area contributed by atoms with Gasteiger partial charge < -0.3 is 0 Å². The highest BCUT2D eigenvalue weighted by Gasteiger charge is 2.31. The summed E-state index contributed by atoms with van der Waals surface area (Å²) in [6, 6.07) is 0. The highest BCUT2D eigenvalue weighted by Crippen LogP contribution is 2.31. The van der Waals surface area contributed by atoms with E-state index in [4.69, 9.17) is 69.6 Å². The van der Waals surface area contributed by atoms with Crippen LogP contribution in [0.25, 0.3) is 0 Å². The number of halogens is 6. The summed E-state index contributed by atoms with van der Waals surface area (Å²) in [6.07, 6.45) is 0. The molecule has 3 nitrogen and oxygen atoms in total. The number of alkyl halides is 6. The lowest BCUT2D eigenvalue weighted by Crippen LogP contribution is -2.37. The zero-order valence-corrected chi connectivity index (χ0v) is 11.8. The predicted octanol–water partition coefficient (Wildman–Crippen LogP) is 2.56. The van der Waals surface area contributed by atoms with Crippen LogP contribution in [0.3, 0.4) is 0 Å². The third-order valence-electron chi connectivity index (χ3n) is 0.955. The number of rotatable bonds is 3. The van der Waals surface area contributed by atoms with Crippen LogP contribution < -0.4 is 0 Å². The Morgan fingerprint density at radius 3 is 1.29 bits per heavy atom. The monoisotopic (exact) mass is 341 g/mol. The molecule has 86 valence electrons. The van der Waals surface area contributed by atoms with Crippen LogP contribution in [0.2, 0.25) is 0 Å². The first-order valence-electron chi connectivity index (χ1n) is 3.04. The van der Waals surface area contributed by atoms with Gasteiger partial charge in [-0.25, -0.2) is 8.42 Å². The van der Waals surface area contributed by atoms with Crippen molar-refractivity contribution in [2.24, 2.45) is 0 Å². The van der Waals surface area contributed by atoms with Gasteiger partial charge in [0, 0.05) is 0 Å². The van der Waals surface area contributed by atoms with Crippen LogP contribution in [-0.2, 0) is 10.9 Å². The number of hydrogen-bond acceptors (Lipinski definition) is 2. The summed E-state index contributed by atoms with van der Waals surface area (Å²) in [5.74, 6) is 0. The normalized spacial score (nSPS) is 14.0. The van der Waals surface area contributed by atoms with Crippen molar-refractivity contribution in [3.05, 3.63) is 0 Å². The molecule has 0 spiro atoms. The van der Waals surface area contributed by atoms with Gasteiger partial charge in [-0.3, -0.25) is 0 Å². The Balaban J connectivity index is 4.48. The average molecular weight is 344 g/mol. The molecule has 0 aromatic carbocycles. The molecule has 0 radical (unpaired) electrons. The van der Waals surface area contributed by atoms with Crippen LogP contribution in [0.4, 0.5) is 0 Å². The Morgan fingerprint density at radius 1 is 0.857 bits per heavy atom. The van der Waals surface area contributed by atoms with E-state index in [2.05, 4.69) is 0 Å². The van der Waals surface area contributed by atoms with E-state index in [-0.39, 0.29) is 13.1 Å². The fourth-order valence-corrected chi connectivity index (χ4v) is 2.61. The molecule has 0 aromatic heterocycles. The SMILES string of the molecule is O=[SH](=O)N(CC(Cl)(Cl)Cl)CC(Cl)(Cl)Cl. The molecular formula is C4H5Cl6NO2S. The lowest BCUT2D eigenvalue weighted by atomic mass is 10.6. The lowest BCUT2D eigenvalue weighted by Gasteiger charge is -2.23. The molecule has 10 heteroatoms. The zero-order valence-electron chi connectivity index (χ0n) is 6.39. The molecule has 0 fully saturated rings. The zero-order chi connectivity index (χ0) is 11.6. The summed E-state index contributed by atoms with van der Waals surface area (Å²) >= 11 is 32.4. The van der Waals surface area contributed by atoms with Gasteiger partial charge in [-0.2, -0.15) is 4.31 Å². The van der Waals surface area contributed by atoms with Gasteiger partial charge in [-0.15, -0.1) is 0 Å². The smallest absolute Gasteiger partial charge is 0.204 e. The van der Waals surface area contributed by atoms with Crippen LogP contribution in [-0.4, -0.2) is 33.4 Å². The Hall–Kier alpha value is 1.65. The van der Waals surface area contributed by atoms with E-state index in [9.17, 15) is 8.42 Å². The largest absolute Gasteiger partial charge is 0.215 e. The first-order chi connectivity index (χ1) is 6.01. The standard InChI is InChI=1S/C4H5Cl6NO2S/c5-3(6,7)1-11(14(12)13)2-4(8,9)10/h14H,1-2H2. The lowest BCUT2D eigenvalue weighted by molar-refractivity contribution is 0.439. The van der Waals surface area contributed by atoms with Crippen LogP contribution in [0.5, 0.6) is 0 Å². The third kappa shape index (κ3) is 8.92. The van der Waals surface area contributed by atoms with Crippen LogP contribution in [0, 0.1) is 0 Å². The highest BCUT2D eigenvalue weighted by atomic mass is 35.6. The molecule has 0 bridgehead atoms. The fraction of sp³-hybridized carbons (Fsp3) is 1.00. The van der Waals surface area contributed by atoms with Crippen molar-refractivity contribution in [3.63, 3.8) is 0 Å². The molecule has 0 aliphatic carbocycles. The summed E-state index contributed by atoms with van der Waals surface area (Å²) in [6.45, 7) is -0.742. The first kappa shape index (κ1) is 15.7. The molecule has 0 aromatic rings. The van der Waals surface area contributed by atoms with Gasteiger partial charge in [0.05, 0.1) is 13.1 Å². The molecule has 0 rings (SSSR count). The van der Waals surface area contributed by atoms with Crippen molar-refractivity contribution in [2.75, 3.05) is 13.1 Å². The van der Waals surface area contributed by atoms with Crippen LogP contribution in [0.1, 0.15) is 0 Å². The molecule has 0 saturated carbocycles. The Labute approximate surface area is 113 Å². The minimum Gasteiger partial charge on any atom is -0.215 e. The molecule has 0 unspecified atom stereocenters. The predicted molar refractivity (Wildman–Crippen MR) is 62.5 cm³/mol. The van der Waals surface area contributed by atoms with Crippen molar-refractivity contribution >= 4 is 80.5 Å². The molecule has 0 N–H and O–H groups in total. The van der Waals surface area contributed by atoms with Gasteiger partial charge in [-0.05, 0) is 0 Å². The Bertz CT molecular complexity index is 232. The second-order valence-electron chi connectivity index (χ2n) is 2.29. The van der Waals surface area contributed by atoms with Gasteiger partial charge in [0.1, 0.15) is 0 Å². The minimum atomic E-state index is -2.97. The van der Waals surface area contributed by atoms with Gasteiger partial charge in [0.15, 0.2) is 0 Å². The van der Waals surface area contributed by atoms with Crippen molar-refractivity contribution in [2.45, 2.75) is 7.59 Å². The van der Waals surface area contributed by atoms with Crippen molar-refractivity contribution in [1.82, 2.24) is 4.31 Å². The first-order valence-corrected chi connectivity index (χ1v) is 6.44. The fourth-order valence-electron chi connectivity index (χ4n) is 0.585. The number of hydrogen-bond donors (Lipinski definition) is 1. The van der Waals surface area contributed by atoms with E-state index in [0.29, 0.717) is 0 Å². The molecule has 0 heterocycles. The van der Waals surface area contributed by atoms with E-state index >= 15 is 0 Å². The summed E-state index contributed by atoms with van der Waals surface area (Å²) in [7, 11) is -2.97. The molecular weight excluding hydrogens is 339 g/mol. The second kappa shape index (κ2) is 5.82. The topological polar surface area (TPSA) is 37.4 Å². The van der Waals surface area contributed by atoms with Gasteiger partial charge in [0.2, 0.25) is 18.5 Å². The molecule has 0 amide bonds. The molecule has 14 heavy (non-hydrogen) atoms. The van der Waals surface area contributed by atoms with Crippen molar-refractivity contribution in [3.8, 4) is 0 Å². The van der Waals surface area contributed by atoms with Gasteiger partial charge in [0.25, 0.3) is 0 Å². The van der Waals surface area contributed by atoms with E-state index in [1.807, 2.05) is 0 Å². The quantitative estimate of drug-likeness (QED) is 0.631. The van der Waals surface area contributed by atoms with E-state index < -0.39 is 18.5 Å². The summed E-state index contributed by atoms with van der Waals surface area (Å²) < 4.78 is 18.6. The van der Waals surface area contributed by atoms with E-state index in [0.717, 1.165) is 4.31 Å². The van der Waals surface area contributed by atoms with Crippen molar-refractivity contribution < 1.29 is 8.42 Å². The van der Waals surface area contributed by atoms with E-state index in [1.165, 1.54) is 0 Å². The highest BCUT2D eigenvalue weighted by molar-refractivity contribution is 7.69. The van der Waals surface area contributed by atoms with Crippen LogP contribution >= 0.6 is 69.6 Å². The maximum Gasteiger partial charge on any atom is 0.204 e. The minimum absolute atomic E-state index is 0.371. The number of nitrogens with zero attached hydrogens (tertiary/aromatic N) is 1. The molecule has 0 aliphatic rings. The Morgan fingerprint density at radius 2 is 1.14 bits per heavy atom. The maximum absolute atomic E-state index is 10.7. The number of thiol groups is 1. The van der Waals surface area contributed by atoms with Gasteiger partial charge >= 0.3 is 0 Å². The summed E-state index contributed by atoms with van der Waals surface area (Å²) in [4.78, 5) is 0. The summed E-state index contributed by atoms with van der Waals surface area (Å²) in [5, 5.41) is 0.